The molecule has 2 rings (SSSR count). The monoisotopic (exact) mass is 214 g/mol. The van der Waals surface area contributed by atoms with E-state index in [1.165, 1.54) is 19.3 Å². The van der Waals surface area contributed by atoms with Crippen LogP contribution in [0.2, 0.25) is 0 Å². The lowest BCUT2D eigenvalue weighted by Gasteiger charge is -2.42. The molecular formula is C10H18N2OS. The minimum Gasteiger partial charge on any atom is -0.326 e. The van der Waals surface area contributed by atoms with Gasteiger partial charge in [-0.2, -0.15) is 0 Å². The van der Waals surface area contributed by atoms with Crippen molar-refractivity contribution in [1.29, 1.82) is 0 Å². The Morgan fingerprint density at radius 3 is 3.21 bits per heavy atom. The SMILES string of the molecule is CCCCCNC1C(=O)N2CCS[C@@H]12. The molecule has 2 aliphatic heterocycles. The number of nitrogens with zero attached hydrogens (tertiary/aromatic N) is 1. The van der Waals surface area contributed by atoms with Gasteiger partial charge < -0.3 is 10.2 Å². The molecule has 0 aromatic heterocycles. The van der Waals surface area contributed by atoms with Crippen molar-refractivity contribution in [3.05, 3.63) is 0 Å². The molecule has 80 valence electrons. The molecule has 0 radical (unpaired) electrons. The molecule has 0 aromatic carbocycles. The molecular weight excluding hydrogens is 196 g/mol. The molecule has 0 spiro atoms. The van der Waals surface area contributed by atoms with Gasteiger partial charge in [0.2, 0.25) is 5.91 Å². The van der Waals surface area contributed by atoms with Gasteiger partial charge in [0.05, 0.1) is 0 Å². The predicted molar refractivity (Wildman–Crippen MR) is 59.3 cm³/mol. The topological polar surface area (TPSA) is 32.3 Å². The van der Waals surface area contributed by atoms with Gasteiger partial charge >= 0.3 is 0 Å². The van der Waals surface area contributed by atoms with E-state index in [4.69, 9.17) is 0 Å². The van der Waals surface area contributed by atoms with Gasteiger partial charge in [-0.05, 0) is 13.0 Å². The first-order valence-electron chi connectivity index (χ1n) is 5.50. The zero-order chi connectivity index (χ0) is 9.97. The second-order valence-electron chi connectivity index (χ2n) is 3.93. The highest BCUT2D eigenvalue weighted by Gasteiger charge is 2.49. The van der Waals surface area contributed by atoms with Crippen molar-refractivity contribution in [2.45, 2.75) is 37.6 Å². The Morgan fingerprint density at radius 1 is 1.57 bits per heavy atom. The summed E-state index contributed by atoms with van der Waals surface area (Å²) in [6.07, 6.45) is 3.69. The molecule has 2 heterocycles. The first-order valence-corrected chi connectivity index (χ1v) is 6.55. The van der Waals surface area contributed by atoms with Crippen LogP contribution in [0.1, 0.15) is 26.2 Å². The molecule has 0 aliphatic carbocycles. The van der Waals surface area contributed by atoms with E-state index in [9.17, 15) is 4.79 Å². The van der Waals surface area contributed by atoms with Gasteiger partial charge in [0, 0.05) is 12.3 Å². The van der Waals surface area contributed by atoms with Gasteiger partial charge in [-0.15, -0.1) is 11.8 Å². The molecule has 2 atom stereocenters. The van der Waals surface area contributed by atoms with E-state index >= 15 is 0 Å². The van der Waals surface area contributed by atoms with Gasteiger partial charge in [-0.1, -0.05) is 19.8 Å². The Bertz CT molecular complexity index is 222. The summed E-state index contributed by atoms with van der Waals surface area (Å²) in [7, 11) is 0. The smallest absolute Gasteiger partial charge is 0.243 e. The van der Waals surface area contributed by atoms with Crippen LogP contribution in [0.4, 0.5) is 0 Å². The van der Waals surface area contributed by atoms with E-state index in [1.54, 1.807) is 0 Å². The number of carbonyl (C=O) groups excluding carboxylic acids is 1. The van der Waals surface area contributed by atoms with E-state index < -0.39 is 0 Å². The van der Waals surface area contributed by atoms with Crippen LogP contribution in [0, 0.1) is 0 Å². The predicted octanol–water partition coefficient (Wildman–Crippen LogP) is 1.05. The van der Waals surface area contributed by atoms with Crippen molar-refractivity contribution in [2.24, 2.45) is 0 Å². The van der Waals surface area contributed by atoms with Gasteiger partial charge in [0.1, 0.15) is 11.4 Å². The minimum absolute atomic E-state index is 0.124. The normalized spacial score (nSPS) is 30.4. The number of unbranched alkanes of at least 4 members (excludes halogenated alkanes) is 2. The molecule has 1 unspecified atom stereocenters. The number of thioether (sulfide) groups is 1. The third kappa shape index (κ3) is 1.77. The fourth-order valence-electron chi connectivity index (χ4n) is 2.04. The Morgan fingerprint density at radius 2 is 2.43 bits per heavy atom. The van der Waals surface area contributed by atoms with Gasteiger partial charge in [-0.3, -0.25) is 4.79 Å². The maximum Gasteiger partial charge on any atom is 0.243 e. The summed E-state index contributed by atoms with van der Waals surface area (Å²) in [6.45, 7) is 4.15. The highest BCUT2D eigenvalue weighted by Crippen LogP contribution is 2.35. The second-order valence-corrected chi connectivity index (χ2v) is 5.16. The third-order valence-electron chi connectivity index (χ3n) is 2.91. The highest BCUT2D eigenvalue weighted by atomic mass is 32.2. The van der Waals surface area contributed by atoms with Gasteiger partial charge in [0.15, 0.2) is 0 Å². The first-order chi connectivity index (χ1) is 6.84. The lowest BCUT2D eigenvalue weighted by molar-refractivity contribution is -0.144. The summed E-state index contributed by atoms with van der Waals surface area (Å²) in [6, 6.07) is 0.124. The minimum atomic E-state index is 0.124. The number of nitrogens with one attached hydrogen (secondary N) is 1. The van der Waals surface area contributed by atoms with Crippen LogP contribution in [-0.2, 0) is 4.79 Å². The number of β-lactam (4-membered cyclic amide) rings is 1. The summed E-state index contributed by atoms with van der Waals surface area (Å²) >= 11 is 1.91. The van der Waals surface area contributed by atoms with Crippen molar-refractivity contribution in [3.63, 3.8) is 0 Å². The molecule has 2 fully saturated rings. The zero-order valence-electron chi connectivity index (χ0n) is 8.66. The number of hydrogen-bond donors (Lipinski definition) is 1. The number of rotatable bonds is 5. The molecule has 1 amide bonds. The Kier molecular flexibility index (Phi) is 3.34. The molecule has 3 nitrogen and oxygen atoms in total. The quantitative estimate of drug-likeness (QED) is 0.548. The first kappa shape index (κ1) is 10.3. The van der Waals surface area contributed by atoms with Gasteiger partial charge in [0.25, 0.3) is 0 Å². The summed E-state index contributed by atoms with van der Waals surface area (Å²) in [5.74, 6) is 1.43. The Labute approximate surface area is 89.6 Å². The van der Waals surface area contributed by atoms with Crippen molar-refractivity contribution >= 4 is 17.7 Å². The average molecular weight is 214 g/mol. The van der Waals surface area contributed by atoms with E-state index in [1.807, 2.05) is 16.7 Å². The largest absolute Gasteiger partial charge is 0.326 e. The number of amides is 1. The van der Waals surface area contributed by atoms with Crippen molar-refractivity contribution < 1.29 is 4.79 Å². The van der Waals surface area contributed by atoms with Crippen LogP contribution >= 0.6 is 11.8 Å². The third-order valence-corrected chi connectivity index (χ3v) is 4.19. The molecule has 1 N–H and O–H groups in total. The summed E-state index contributed by atoms with van der Waals surface area (Å²) in [5, 5.41) is 3.81. The number of hydrogen-bond acceptors (Lipinski definition) is 3. The van der Waals surface area contributed by atoms with Crippen molar-refractivity contribution in [3.8, 4) is 0 Å². The zero-order valence-corrected chi connectivity index (χ0v) is 9.48. The van der Waals surface area contributed by atoms with Crippen LogP contribution in [-0.4, -0.2) is 41.1 Å². The van der Waals surface area contributed by atoms with E-state index in [2.05, 4.69) is 12.2 Å². The second kappa shape index (κ2) is 4.53. The number of fused-ring (bicyclic) bond motifs is 1. The van der Waals surface area contributed by atoms with Crippen molar-refractivity contribution in [2.75, 3.05) is 18.8 Å². The molecule has 2 saturated heterocycles. The Hall–Kier alpha value is -0.220. The molecule has 0 bridgehead atoms. The van der Waals surface area contributed by atoms with E-state index in [-0.39, 0.29) is 6.04 Å². The van der Waals surface area contributed by atoms with E-state index in [0.29, 0.717) is 11.3 Å². The van der Waals surface area contributed by atoms with Crippen LogP contribution in [0.25, 0.3) is 0 Å². The van der Waals surface area contributed by atoms with Crippen LogP contribution in [0.3, 0.4) is 0 Å². The lowest BCUT2D eigenvalue weighted by Crippen LogP contribution is -2.66. The summed E-state index contributed by atoms with van der Waals surface area (Å²) in [4.78, 5) is 13.5. The summed E-state index contributed by atoms with van der Waals surface area (Å²) < 4.78 is 0. The van der Waals surface area contributed by atoms with Crippen molar-refractivity contribution in [1.82, 2.24) is 10.2 Å². The maximum absolute atomic E-state index is 11.6. The molecule has 4 heteroatoms. The van der Waals surface area contributed by atoms with Crippen LogP contribution in [0.5, 0.6) is 0 Å². The number of carbonyl (C=O) groups is 1. The summed E-state index contributed by atoms with van der Waals surface area (Å²) in [5.41, 5.74) is 0. The van der Waals surface area contributed by atoms with Crippen LogP contribution < -0.4 is 5.32 Å². The average Bonchev–Trinajstić information content (AvgIpc) is 2.62. The van der Waals surface area contributed by atoms with E-state index in [0.717, 1.165) is 18.8 Å². The maximum atomic E-state index is 11.6. The van der Waals surface area contributed by atoms with Crippen LogP contribution in [0.15, 0.2) is 0 Å². The fourth-order valence-corrected chi connectivity index (χ4v) is 3.38. The highest BCUT2D eigenvalue weighted by molar-refractivity contribution is 8.00. The lowest BCUT2D eigenvalue weighted by atomic mass is 10.1. The molecule has 0 aromatic rings. The Balaban J connectivity index is 1.69. The molecule has 2 aliphatic rings. The molecule has 14 heavy (non-hydrogen) atoms. The van der Waals surface area contributed by atoms with Gasteiger partial charge in [-0.25, -0.2) is 0 Å². The fraction of sp³-hybridized carbons (Fsp3) is 0.900. The standard InChI is InChI=1S/C10H18N2OS/c1-2-3-4-5-11-8-9(13)12-6-7-14-10(8)12/h8,10-11H,2-7H2,1H3/t8?,10-/m0/s1. The molecule has 0 saturated carbocycles.